The average Bonchev–Trinajstić information content (AvgIpc) is 3.22. The first-order valence-corrected chi connectivity index (χ1v) is 6.84. The molecule has 0 spiro atoms. The maximum atomic E-state index is 11.8. The molecule has 0 radical (unpaired) electrons. The SMILES string of the molecule is O=C(CCc1nc(-c2ccco2)no1)NCc1ccccn1. The Balaban J connectivity index is 1.47. The van der Waals surface area contributed by atoms with Crippen molar-refractivity contribution in [3.63, 3.8) is 0 Å². The first-order chi connectivity index (χ1) is 10.8. The molecule has 0 bridgehead atoms. The van der Waals surface area contributed by atoms with Gasteiger partial charge in [-0.3, -0.25) is 9.78 Å². The van der Waals surface area contributed by atoms with E-state index < -0.39 is 0 Å². The van der Waals surface area contributed by atoms with E-state index in [-0.39, 0.29) is 12.3 Å². The molecule has 0 atom stereocenters. The number of hydrogen-bond acceptors (Lipinski definition) is 6. The summed E-state index contributed by atoms with van der Waals surface area (Å²) in [4.78, 5) is 20.1. The van der Waals surface area contributed by atoms with E-state index >= 15 is 0 Å². The number of aromatic nitrogens is 3. The van der Waals surface area contributed by atoms with Crippen molar-refractivity contribution >= 4 is 5.91 Å². The van der Waals surface area contributed by atoms with Crippen molar-refractivity contribution in [2.24, 2.45) is 0 Å². The highest BCUT2D eigenvalue weighted by molar-refractivity contribution is 5.75. The van der Waals surface area contributed by atoms with Crippen LogP contribution in [0.3, 0.4) is 0 Å². The van der Waals surface area contributed by atoms with Crippen LogP contribution in [-0.2, 0) is 17.8 Å². The number of nitrogens with zero attached hydrogens (tertiary/aromatic N) is 3. The molecule has 112 valence electrons. The molecule has 1 N–H and O–H groups in total. The molecule has 3 heterocycles. The number of aryl methyl sites for hydroxylation is 1. The largest absolute Gasteiger partial charge is 0.461 e. The van der Waals surface area contributed by atoms with Gasteiger partial charge in [0.25, 0.3) is 0 Å². The Labute approximate surface area is 126 Å². The molecule has 7 heteroatoms. The van der Waals surface area contributed by atoms with Crippen LogP contribution in [0.15, 0.2) is 51.7 Å². The zero-order chi connectivity index (χ0) is 15.2. The molecule has 0 saturated carbocycles. The van der Waals surface area contributed by atoms with Gasteiger partial charge < -0.3 is 14.3 Å². The molecule has 22 heavy (non-hydrogen) atoms. The summed E-state index contributed by atoms with van der Waals surface area (Å²) in [5.41, 5.74) is 0.814. The second-order valence-electron chi connectivity index (χ2n) is 4.59. The number of carbonyl (C=O) groups is 1. The first-order valence-electron chi connectivity index (χ1n) is 6.84. The van der Waals surface area contributed by atoms with Crippen molar-refractivity contribution in [1.82, 2.24) is 20.4 Å². The minimum atomic E-state index is -0.0941. The van der Waals surface area contributed by atoms with E-state index in [0.29, 0.717) is 30.4 Å². The van der Waals surface area contributed by atoms with Gasteiger partial charge in [-0.25, -0.2) is 0 Å². The topological polar surface area (TPSA) is 94.0 Å². The summed E-state index contributed by atoms with van der Waals surface area (Å²) in [6.07, 6.45) is 3.88. The molecule has 0 saturated heterocycles. The monoisotopic (exact) mass is 298 g/mol. The fraction of sp³-hybridized carbons (Fsp3) is 0.200. The number of rotatable bonds is 6. The highest BCUT2D eigenvalue weighted by Gasteiger charge is 2.12. The predicted molar refractivity (Wildman–Crippen MR) is 76.4 cm³/mol. The number of hydrogen-bond donors (Lipinski definition) is 1. The number of furan rings is 1. The van der Waals surface area contributed by atoms with Crippen LogP contribution in [0.5, 0.6) is 0 Å². The number of carbonyl (C=O) groups excluding carboxylic acids is 1. The standard InChI is InChI=1S/C15H14N4O3/c20-13(17-10-11-4-1-2-8-16-11)6-7-14-18-15(19-22-14)12-5-3-9-21-12/h1-5,8-9H,6-7,10H2,(H,17,20). The second kappa shape index (κ2) is 6.66. The van der Waals surface area contributed by atoms with Crippen LogP contribution >= 0.6 is 0 Å². The third-order valence-electron chi connectivity index (χ3n) is 2.97. The minimum Gasteiger partial charge on any atom is -0.461 e. The molecular formula is C15H14N4O3. The second-order valence-corrected chi connectivity index (χ2v) is 4.59. The van der Waals surface area contributed by atoms with Crippen LogP contribution in [0.25, 0.3) is 11.6 Å². The molecule has 0 aromatic carbocycles. The van der Waals surface area contributed by atoms with E-state index in [1.165, 1.54) is 6.26 Å². The van der Waals surface area contributed by atoms with Crippen LogP contribution in [0, 0.1) is 0 Å². The van der Waals surface area contributed by atoms with Crippen LogP contribution < -0.4 is 5.32 Å². The van der Waals surface area contributed by atoms with Crippen molar-refractivity contribution in [2.45, 2.75) is 19.4 Å². The van der Waals surface area contributed by atoms with E-state index in [1.54, 1.807) is 18.3 Å². The summed E-state index contributed by atoms with van der Waals surface area (Å²) < 4.78 is 10.3. The molecule has 3 aromatic rings. The lowest BCUT2D eigenvalue weighted by atomic mass is 10.3. The fourth-order valence-electron chi connectivity index (χ4n) is 1.86. The van der Waals surface area contributed by atoms with Gasteiger partial charge in [0.05, 0.1) is 18.5 Å². The van der Waals surface area contributed by atoms with Gasteiger partial charge in [-0.1, -0.05) is 11.2 Å². The summed E-state index contributed by atoms with van der Waals surface area (Å²) in [6.45, 7) is 0.404. The Kier molecular flexibility index (Phi) is 4.24. The van der Waals surface area contributed by atoms with Crippen LogP contribution in [-0.4, -0.2) is 21.0 Å². The molecular weight excluding hydrogens is 284 g/mol. The lowest BCUT2D eigenvalue weighted by Crippen LogP contribution is -2.23. The lowest BCUT2D eigenvalue weighted by molar-refractivity contribution is -0.121. The molecule has 0 aliphatic heterocycles. The van der Waals surface area contributed by atoms with Crippen molar-refractivity contribution in [3.8, 4) is 11.6 Å². The quantitative estimate of drug-likeness (QED) is 0.747. The molecule has 0 fully saturated rings. The first kappa shape index (κ1) is 14.0. The Morgan fingerprint density at radius 3 is 2.95 bits per heavy atom. The average molecular weight is 298 g/mol. The lowest BCUT2D eigenvalue weighted by Gasteiger charge is -2.03. The molecule has 1 amide bonds. The third kappa shape index (κ3) is 3.57. The van der Waals surface area contributed by atoms with E-state index in [2.05, 4.69) is 20.4 Å². The Hall–Kier alpha value is -2.96. The Morgan fingerprint density at radius 1 is 1.23 bits per heavy atom. The summed E-state index contributed by atoms with van der Waals surface area (Å²) in [5.74, 6) is 1.23. The normalized spacial score (nSPS) is 10.5. The van der Waals surface area contributed by atoms with Crippen LogP contribution in [0.1, 0.15) is 18.0 Å². The highest BCUT2D eigenvalue weighted by Crippen LogP contribution is 2.16. The van der Waals surface area contributed by atoms with E-state index in [1.807, 2.05) is 18.2 Å². The van der Waals surface area contributed by atoms with Crippen molar-refractivity contribution in [3.05, 3.63) is 54.4 Å². The zero-order valence-corrected chi connectivity index (χ0v) is 11.7. The maximum absolute atomic E-state index is 11.8. The summed E-state index contributed by atoms with van der Waals surface area (Å²) in [6, 6.07) is 9.05. The van der Waals surface area contributed by atoms with Gasteiger partial charge >= 0.3 is 0 Å². The Bertz CT molecular complexity index is 722. The number of nitrogens with one attached hydrogen (secondary N) is 1. The van der Waals surface area contributed by atoms with Gasteiger partial charge in [0.2, 0.25) is 17.6 Å². The Morgan fingerprint density at radius 2 is 2.18 bits per heavy atom. The van der Waals surface area contributed by atoms with Gasteiger partial charge in [0, 0.05) is 19.0 Å². The predicted octanol–water partition coefficient (Wildman–Crippen LogP) is 1.97. The van der Waals surface area contributed by atoms with E-state index in [0.717, 1.165) is 5.69 Å². The molecule has 0 aliphatic carbocycles. The van der Waals surface area contributed by atoms with Gasteiger partial charge in [0.15, 0.2) is 5.76 Å². The number of amides is 1. The fourth-order valence-corrected chi connectivity index (χ4v) is 1.86. The zero-order valence-electron chi connectivity index (χ0n) is 11.7. The highest BCUT2D eigenvalue weighted by atomic mass is 16.5. The summed E-state index contributed by atoms with van der Waals surface area (Å²) >= 11 is 0. The molecule has 3 aromatic heterocycles. The molecule has 3 rings (SSSR count). The van der Waals surface area contributed by atoms with Crippen LogP contribution in [0.2, 0.25) is 0 Å². The van der Waals surface area contributed by atoms with E-state index in [4.69, 9.17) is 8.94 Å². The van der Waals surface area contributed by atoms with Gasteiger partial charge in [0.1, 0.15) is 0 Å². The smallest absolute Gasteiger partial charge is 0.238 e. The van der Waals surface area contributed by atoms with Crippen molar-refractivity contribution in [2.75, 3.05) is 0 Å². The van der Waals surface area contributed by atoms with Crippen molar-refractivity contribution < 1.29 is 13.7 Å². The van der Waals surface area contributed by atoms with Gasteiger partial charge in [-0.05, 0) is 24.3 Å². The van der Waals surface area contributed by atoms with Gasteiger partial charge in [-0.2, -0.15) is 4.98 Å². The molecule has 0 unspecified atom stereocenters. The summed E-state index contributed by atoms with van der Waals surface area (Å²) in [5, 5.41) is 6.60. The maximum Gasteiger partial charge on any atom is 0.238 e. The molecule has 7 nitrogen and oxygen atoms in total. The van der Waals surface area contributed by atoms with Gasteiger partial charge in [-0.15, -0.1) is 0 Å². The molecule has 0 aliphatic rings. The van der Waals surface area contributed by atoms with Crippen molar-refractivity contribution in [1.29, 1.82) is 0 Å². The minimum absolute atomic E-state index is 0.0941. The number of pyridine rings is 1. The summed E-state index contributed by atoms with van der Waals surface area (Å²) in [7, 11) is 0. The van der Waals surface area contributed by atoms with E-state index in [9.17, 15) is 4.79 Å². The van der Waals surface area contributed by atoms with Crippen LogP contribution in [0.4, 0.5) is 0 Å². The third-order valence-corrected chi connectivity index (χ3v) is 2.97.